The Hall–Kier alpha value is -3.02. The highest BCUT2D eigenvalue weighted by atomic mass is 16.5. The summed E-state index contributed by atoms with van der Waals surface area (Å²) in [5.41, 5.74) is 3.87. The van der Waals surface area contributed by atoms with Crippen LogP contribution in [-0.2, 0) is 17.8 Å². The van der Waals surface area contributed by atoms with Gasteiger partial charge in [0.15, 0.2) is 5.96 Å². The van der Waals surface area contributed by atoms with Crippen LogP contribution in [0.4, 0.5) is 0 Å². The zero-order chi connectivity index (χ0) is 22.1. The van der Waals surface area contributed by atoms with E-state index in [0.29, 0.717) is 18.4 Å². The van der Waals surface area contributed by atoms with Gasteiger partial charge in [-0.15, -0.1) is 0 Å². The highest BCUT2D eigenvalue weighted by molar-refractivity contribution is 5.85. The maximum absolute atomic E-state index is 12.7. The Kier molecular flexibility index (Phi) is 8.33. The van der Waals surface area contributed by atoms with Gasteiger partial charge < -0.3 is 20.3 Å². The molecule has 0 fully saturated rings. The van der Waals surface area contributed by atoms with Gasteiger partial charge in [-0.2, -0.15) is 0 Å². The van der Waals surface area contributed by atoms with Crippen molar-refractivity contribution in [2.24, 2.45) is 4.99 Å². The van der Waals surface area contributed by atoms with Crippen molar-refractivity contribution in [3.63, 3.8) is 0 Å². The first-order valence-corrected chi connectivity index (χ1v) is 11.1. The van der Waals surface area contributed by atoms with Crippen LogP contribution < -0.4 is 15.4 Å². The van der Waals surface area contributed by atoms with E-state index in [2.05, 4.69) is 52.9 Å². The second kappa shape index (κ2) is 11.4. The van der Waals surface area contributed by atoms with E-state index in [1.807, 2.05) is 30.0 Å². The monoisotopic (exact) mass is 422 g/mol. The molecule has 3 rings (SSSR count). The number of carbonyl (C=O) groups excluding carboxylic acids is 1. The number of nitrogens with zero attached hydrogens (tertiary/aromatic N) is 2. The van der Waals surface area contributed by atoms with E-state index in [0.717, 1.165) is 38.2 Å². The van der Waals surface area contributed by atoms with E-state index in [-0.39, 0.29) is 12.5 Å². The molecule has 0 aliphatic carbocycles. The molecule has 1 unspecified atom stereocenters. The second-order valence-electron chi connectivity index (χ2n) is 7.92. The summed E-state index contributed by atoms with van der Waals surface area (Å²) in [6, 6.07) is 16.6. The van der Waals surface area contributed by atoms with Crippen molar-refractivity contribution in [3.8, 4) is 5.75 Å². The molecule has 1 heterocycles. The van der Waals surface area contributed by atoms with E-state index >= 15 is 0 Å². The molecule has 2 aromatic rings. The number of rotatable bonds is 8. The molecule has 0 bridgehead atoms. The lowest BCUT2D eigenvalue weighted by atomic mass is 9.98. The molecule has 166 valence electrons. The average molecular weight is 423 g/mol. The van der Waals surface area contributed by atoms with Crippen LogP contribution in [0.25, 0.3) is 0 Å². The van der Waals surface area contributed by atoms with Crippen LogP contribution in [0.1, 0.15) is 42.9 Å². The molecule has 2 N–H and O–H groups in total. The Bertz CT molecular complexity index is 879. The Morgan fingerprint density at radius 1 is 1.13 bits per heavy atom. The first kappa shape index (κ1) is 22.7. The molecular formula is C25H34N4O2. The lowest BCUT2D eigenvalue weighted by molar-refractivity contribution is -0.130. The lowest BCUT2D eigenvalue weighted by Gasteiger charge is -2.28. The van der Waals surface area contributed by atoms with Crippen LogP contribution in [0.5, 0.6) is 5.75 Å². The normalized spacial score (nSPS) is 14.5. The van der Waals surface area contributed by atoms with Crippen LogP contribution >= 0.6 is 0 Å². The number of guanidine groups is 1. The molecule has 0 saturated heterocycles. The molecule has 6 nitrogen and oxygen atoms in total. The Balaban J connectivity index is 1.48. The number of methoxy groups -OCH3 is 1. The lowest BCUT2D eigenvalue weighted by Crippen LogP contribution is -2.41. The van der Waals surface area contributed by atoms with Crippen LogP contribution in [0.3, 0.4) is 0 Å². The number of nitrogens with one attached hydrogen (secondary N) is 2. The molecule has 31 heavy (non-hydrogen) atoms. The Morgan fingerprint density at radius 3 is 2.58 bits per heavy atom. The summed E-state index contributed by atoms with van der Waals surface area (Å²) in [4.78, 5) is 19.1. The zero-order valence-electron chi connectivity index (χ0n) is 18.9. The van der Waals surface area contributed by atoms with Gasteiger partial charge >= 0.3 is 0 Å². The summed E-state index contributed by atoms with van der Waals surface area (Å²) >= 11 is 0. The van der Waals surface area contributed by atoms with Gasteiger partial charge in [0.2, 0.25) is 5.91 Å². The molecule has 0 radical (unpaired) electrons. The van der Waals surface area contributed by atoms with Gasteiger partial charge in [0.25, 0.3) is 0 Å². The van der Waals surface area contributed by atoms with Gasteiger partial charge in [0.1, 0.15) is 12.3 Å². The number of aliphatic imine (C=N–C) groups is 1. The maximum atomic E-state index is 12.7. The molecule has 2 aromatic carbocycles. The summed E-state index contributed by atoms with van der Waals surface area (Å²) < 4.78 is 5.23. The molecular weight excluding hydrogens is 388 g/mol. The summed E-state index contributed by atoms with van der Waals surface area (Å²) in [7, 11) is 1.68. The topological polar surface area (TPSA) is 66.0 Å². The van der Waals surface area contributed by atoms with E-state index < -0.39 is 0 Å². The Morgan fingerprint density at radius 2 is 1.87 bits per heavy atom. The van der Waals surface area contributed by atoms with Crippen LogP contribution in [0, 0.1) is 0 Å². The Labute approximate surface area is 185 Å². The minimum atomic E-state index is 0.0679. The van der Waals surface area contributed by atoms with Crippen molar-refractivity contribution in [1.82, 2.24) is 15.5 Å². The number of fused-ring (bicyclic) bond motifs is 1. The third-order valence-corrected chi connectivity index (χ3v) is 5.75. The number of hydrogen-bond donors (Lipinski definition) is 2. The van der Waals surface area contributed by atoms with Gasteiger partial charge in [-0.1, -0.05) is 43.3 Å². The van der Waals surface area contributed by atoms with Crippen molar-refractivity contribution in [3.05, 3.63) is 65.2 Å². The van der Waals surface area contributed by atoms with Crippen LogP contribution in [-0.4, -0.2) is 50.1 Å². The largest absolute Gasteiger partial charge is 0.497 e. The fourth-order valence-corrected chi connectivity index (χ4v) is 3.80. The van der Waals surface area contributed by atoms with Crippen LogP contribution in [0.2, 0.25) is 0 Å². The van der Waals surface area contributed by atoms with Gasteiger partial charge in [-0.25, -0.2) is 4.99 Å². The summed E-state index contributed by atoms with van der Waals surface area (Å²) in [6.07, 6.45) is 1.88. The van der Waals surface area contributed by atoms with Crippen molar-refractivity contribution in [2.45, 2.75) is 39.2 Å². The van der Waals surface area contributed by atoms with E-state index in [4.69, 9.17) is 4.74 Å². The second-order valence-corrected chi connectivity index (χ2v) is 7.92. The fourth-order valence-electron chi connectivity index (χ4n) is 3.80. The molecule has 0 spiro atoms. The quantitative estimate of drug-likeness (QED) is 0.506. The molecule has 1 amide bonds. The number of benzene rings is 2. The average Bonchev–Trinajstić information content (AvgIpc) is 2.82. The number of carbonyl (C=O) groups is 1. The minimum Gasteiger partial charge on any atom is -0.497 e. The predicted molar refractivity (Wildman–Crippen MR) is 126 cm³/mol. The van der Waals surface area contributed by atoms with Gasteiger partial charge in [0.05, 0.1) is 7.11 Å². The summed E-state index contributed by atoms with van der Waals surface area (Å²) in [6.45, 7) is 7.37. The maximum Gasteiger partial charge on any atom is 0.244 e. The van der Waals surface area contributed by atoms with Crippen molar-refractivity contribution in [1.29, 1.82) is 0 Å². The van der Waals surface area contributed by atoms with E-state index in [9.17, 15) is 4.79 Å². The fraction of sp³-hybridized carbons (Fsp3) is 0.440. The van der Waals surface area contributed by atoms with Crippen molar-refractivity contribution < 1.29 is 9.53 Å². The smallest absolute Gasteiger partial charge is 0.244 e. The molecule has 0 aromatic heterocycles. The molecule has 1 aliphatic rings. The third-order valence-electron chi connectivity index (χ3n) is 5.75. The third kappa shape index (κ3) is 6.48. The first-order valence-electron chi connectivity index (χ1n) is 11.1. The van der Waals surface area contributed by atoms with Gasteiger partial charge in [-0.3, -0.25) is 4.79 Å². The van der Waals surface area contributed by atoms with Gasteiger partial charge in [-0.05, 0) is 54.5 Å². The van der Waals surface area contributed by atoms with Crippen molar-refractivity contribution >= 4 is 11.9 Å². The molecule has 6 heteroatoms. The predicted octanol–water partition coefficient (Wildman–Crippen LogP) is 3.33. The van der Waals surface area contributed by atoms with Crippen molar-refractivity contribution in [2.75, 3.05) is 33.3 Å². The molecule has 1 aliphatic heterocycles. The number of ether oxygens (including phenoxy) is 1. The highest BCUT2D eigenvalue weighted by Gasteiger charge is 2.20. The summed E-state index contributed by atoms with van der Waals surface area (Å²) in [5.74, 6) is 2.04. The number of hydrogen-bond acceptors (Lipinski definition) is 3. The number of amides is 1. The van der Waals surface area contributed by atoms with E-state index in [1.54, 1.807) is 7.11 Å². The zero-order valence-corrected chi connectivity index (χ0v) is 18.9. The summed E-state index contributed by atoms with van der Waals surface area (Å²) in [5, 5.41) is 6.60. The van der Waals surface area contributed by atoms with Gasteiger partial charge in [0, 0.05) is 26.2 Å². The van der Waals surface area contributed by atoms with Crippen LogP contribution in [0.15, 0.2) is 53.5 Å². The standard InChI is InChI=1S/C25H34N4O2/c1-4-26-25(27-15-13-19(2)20-9-11-23(31-3)12-10-20)28-17-24(30)29-16-14-21-7-5-6-8-22(21)18-29/h5-12,19H,4,13-18H2,1-3H3,(H2,26,27,28). The first-order chi connectivity index (χ1) is 15.1. The SMILES string of the molecule is CCNC(=NCC(=O)N1CCc2ccccc2C1)NCCC(C)c1ccc(OC)cc1. The molecule has 0 saturated carbocycles. The molecule has 1 atom stereocenters. The highest BCUT2D eigenvalue weighted by Crippen LogP contribution is 2.21. The van der Waals surface area contributed by atoms with E-state index in [1.165, 1.54) is 16.7 Å². The minimum absolute atomic E-state index is 0.0679.